The molecule has 1 aliphatic carbocycles. The Hall–Kier alpha value is -2.12. The number of anilines is 1. The molecule has 21 heavy (non-hydrogen) atoms. The second-order valence-corrected chi connectivity index (χ2v) is 5.49. The zero-order chi connectivity index (χ0) is 15.6. The molecule has 2 N–H and O–H groups in total. The van der Waals surface area contributed by atoms with E-state index in [4.69, 9.17) is 0 Å². The van der Waals surface area contributed by atoms with Crippen molar-refractivity contribution in [2.45, 2.75) is 51.0 Å². The number of carboxylic acid groups (broad SMARTS) is 1. The van der Waals surface area contributed by atoms with E-state index in [2.05, 4.69) is 10.4 Å². The van der Waals surface area contributed by atoms with E-state index in [1.807, 2.05) is 6.92 Å². The zero-order valence-corrected chi connectivity index (χ0v) is 12.3. The van der Waals surface area contributed by atoms with Crippen molar-refractivity contribution in [2.24, 2.45) is 7.05 Å². The van der Waals surface area contributed by atoms with Crippen LogP contribution in [0.5, 0.6) is 0 Å². The van der Waals surface area contributed by atoms with Gasteiger partial charge in [-0.2, -0.15) is 5.10 Å². The molecular weight excluding hydrogens is 276 g/mol. The van der Waals surface area contributed by atoms with Gasteiger partial charge in [0.15, 0.2) is 0 Å². The summed E-state index contributed by atoms with van der Waals surface area (Å²) in [7, 11) is 1.60. The third-order valence-electron chi connectivity index (χ3n) is 3.99. The topological polar surface area (TPSA) is 110 Å². The molecule has 0 aliphatic heterocycles. The van der Waals surface area contributed by atoms with Crippen LogP contribution in [0.3, 0.4) is 0 Å². The van der Waals surface area contributed by atoms with Crippen LogP contribution in [0, 0.1) is 10.1 Å². The first-order valence-electron chi connectivity index (χ1n) is 7.13. The Morgan fingerprint density at radius 1 is 1.52 bits per heavy atom. The highest BCUT2D eigenvalue weighted by molar-refractivity contribution is 5.84. The van der Waals surface area contributed by atoms with Crippen LogP contribution in [0.15, 0.2) is 0 Å². The Balaban J connectivity index is 2.43. The van der Waals surface area contributed by atoms with Gasteiger partial charge in [-0.25, -0.2) is 9.48 Å². The molecule has 1 heterocycles. The van der Waals surface area contributed by atoms with E-state index in [1.165, 1.54) is 4.68 Å². The van der Waals surface area contributed by atoms with Crippen molar-refractivity contribution in [3.63, 3.8) is 0 Å². The van der Waals surface area contributed by atoms with Gasteiger partial charge in [0.05, 0.1) is 4.92 Å². The van der Waals surface area contributed by atoms with Crippen molar-refractivity contribution in [1.82, 2.24) is 9.78 Å². The minimum absolute atomic E-state index is 0.105. The van der Waals surface area contributed by atoms with E-state index < -0.39 is 16.4 Å². The largest absolute Gasteiger partial charge is 0.480 e. The monoisotopic (exact) mass is 296 g/mol. The molecule has 0 unspecified atom stereocenters. The van der Waals surface area contributed by atoms with Crippen molar-refractivity contribution in [1.29, 1.82) is 0 Å². The maximum Gasteiger partial charge on any atom is 0.334 e. The lowest BCUT2D eigenvalue weighted by Gasteiger charge is -2.25. The number of aliphatic carboxylic acids is 1. The van der Waals surface area contributed by atoms with Gasteiger partial charge in [0.25, 0.3) is 0 Å². The number of hydrogen-bond acceptors (Lipinski definition) is 5. The number of carboxylic acids is 1. The Kier molecular flexibility index (Phi) is 4.15. The molecule has 8 nitrogen and oxygen atoms in total. The van der Waals surface area contributed by atoms with Gasteiger partial charge in [-0.15, -0.1) is 0 Å². The van der Waals surface area contributed by atoms with E-state index in [0.717, 1.165) is 19.3 Å². The van der Waals surface area contributed by atoms with Gasteiger partial charge in [-0.05, 0) is 19.3 Å². The van der Waals surface area contributed by atoms with Crippen LogP contribution in [-0.4, -0.2) is 31.3 Å². The third kappa shape index (κ3) is 2.70. The third-order valence-corrected chi connectivity index (χ3v) is 3.99. The molecule has 1 saturated carbocycles. The van der Waals surface area contributed by atoms with Gasteiger partial charge >= 0.3 is 11.7 Å². The Morgan fingerprint density at radius 2 is 2.14 bits per heavy atom. The first-order valence-corrected chi connectivity index (χ1v) is 7.13. The van der Waals surface area contributed by atoms with Crippen LogP contribution in [0.4, 0.5) is 11.5 Å². The second kappa shape index (κ2) is 5.71. The molecule has 0 bridgehead atoms. The Morgan fingerprint density at radius 3 is 2.62 bits per heavy atom. The lowest BCUT2D eigenvalue weighted by Crippen LogP contribution is -2.44. The predicted octanol–water partition coefficient (Wildman–Crippen LogP) is 2.09. The van der Waals surface area contributed by atoms with Crippen molar-refractivity contribution in [2.75, 3.05) is 5.32 Å². The summed E-state index contributed by atoms with van der Waals surface area (Å²) < 4.78 is 1.38. The Labute approximate surface area is 122 Å². The summed E-state index contributed by atoms with van der Waals surface area (Å²) in [5, 5.41) is 27.9. The number of aromatic nitrogens is 2. The van der Waals surface area contributed by atoms with Crippen molar-refractivity contribution < 1.29 is 14.8 Å². The molecule has 0 atom stereocenters. The molecule has 1 fully saturated rings. The molecule has 0 amide bonds. The number of carbonyl (C=O) groups is 1. The maximum absolute atomic E-state index is 11.6. The molecule has 2 rings (SSSR count). The predicted molar refractivity (Wildman–Crippen MR) is 76.3 cm³/mol. The maximum atomic E-state index is 11.6. The fraction of sp³-hybridized carbons (Fsp3) is 0.692. The van der Waals surface area contributed by atoms with E-state index in [9.17, 15) is 20.0 Å². The van der Waals surface area contributed by atoms with Crippen molar-refractivity contribution >= 4 is 17.5 Å². The van der Waals surface area contributed by atoms with Crippen LogP contribution >= 0.6 is 0 Å². The average molecular weight is 296 g/mol. The van der Waals surface area contributed by atoms with E-state index in [0.29, 0.717) is 25.0 Å². The molecule has 0 radical (unpaired) electrons. The summed E-state index contributed by atoms with van der Waals surface area (Å²) in [4.78, 5) is 22.5. The summed E-state index contributed by atoms with van der Waals surface area (Å²) >= 11 is 0. The Bertz CT molecular complexity index is 561. The molecule has 116 valence electrons. The lowest BCUT2D eigenvalue weighted by molar-refractivity contribution is -0.384. The highest BCUT2D eigenvalue weighted by Gasteiger charge is 2.44. The lowest BCUT2D eigenvalue weighted by atomic mass is 9.98. The highest BCUT2D eigenvalue weighted by Crippen LogP contribution is 2.37. The summed E-state index contributed by atoms with van der Waals surface area (Å²) in [6, 6.07) is 0. The van der Waals surface area contributed by atoms with Crippen LogP contribution in [-0.2, 0) is 18.3 Å². The molecule has 0 spiro atoms. The van der Waals surface area contributed by atoms with E-state index in [-0.39, 0.29) is 11.5 Å². The number of hydrogen-bond donors (Lipinski definition) is 2. The standard InChI is InChI=1S/C13H20N4O4/c1-3-6-9-10(17(20)21)11(16(2)15-9)14-13(12(18)19)7-4-5-8-13/h14H,3-8H2,1-2H3,(H,18,19). The second-order valence-electron chi connectivity index (χ2n) is 5.49. The normalized spacial score (nSPS) is 16.9. The van der Waals surface area contributed by atoms with Gasteiger partial charge in [-0.3, -0.25) is 10.1 Å². The van der Waals surface area contributed by atoms with Gasteiger partial charge in [0, 0.05) is 7.05 Å². The number of nitrogens with one attached hydrogen (secondary N) is 1. The number of rotatable bonds is 6. The summed E-state index contributed by atoms with van der Waals surface area (Å²) in [6.07, 6.45) is 3.76. The molecule has 8 heteroatoms. The van der Waals surface area contributed by atoms with E-state index in [1.54, 1.807) is 7.05 Å². The summed E-state index contributed by atoms with van der Waals surface area (Å²) in [5.74, 6) is -0.778. The van der Waals surface area contributed by atoms with Crippen LogP contribution < -0.4 is 5.32 Å². The molecule has 1 aromatic heterocycles. The molecule has 0 saturated heterocycles. The summed E-state index contributed by atoms with van der Waals surface area (Å²) in [5.41, 5.74) is -0.833. The molecule has 1 aromatic rings. The minimum Gasteiger partial charge on any atom is -0.480 e. The fourth-order valence-corrected chi connectivity index (χ4v) is 2.90. The molecular formula is C13H20N4O4. The highest BCUT2D eigenvalue weighted by atomic mass is 16.6. The smallest absolute Gasteiger partial charge is 0.334 e. The molecule has 0 aromatic carbocycles. The van der Waals surface area contributed by atoms with Gasteiger partial charge in [0.1, 0.15) is 11.2 Å². The zero-order valence-electron chi connectivity index (χ0n) is 12.3. The van der Waals surface area contributed by atoms with Crippen LogP contribution in [0.25, 0.3) is 0 Å². The quantitative estimate of drug-likeness (QED) is 0.614. The van der Waals surface area contributed by atoms with E-state index >= 15 is 0 Å². The first kappa shape index (κ1) is 15.3. The average Bonchev–Trinajstić information content (AvgIpc) is 2.97. The summed E-state index contributed by atoms with van der Waals surface area (Å²) in [6.45, 7) is 1.92. The van der Waals surface area contributed by atoms with Gasteiger partial charge in [0.2, 0.25) is 5.82 Å². The minimum atomic E-state index is -1.12. The molecule has 1 aliphatic rings. The van der Waals surface area contributed by atoms with Crippen LogP contribution in [0.2, 0.25) is 0 Å². The van der Waals surface area contributed by atoms with Crippen LogP contribution in [0.1, 0.15) is 44.7 Å². The van der Waals surface area contributed by atoms with Crippen molar-refractivity contribution in [3.05, 3.63) is 15.8 Å². The number of nitro groups is 1. The van der Waals surface area contributed by atoms with Crippen molar-refractivity contribution in [3.8, 4) is 0 Å². The van der Waals surface area contributed by atoms with Gasteiger partial charge < -0.3 is 10.4 Å². The SMILES string of the molecule is CCCc1nn(C)c(NC2(C(=O)O)CCCC2)c1[N+](=O)[O-]. The number of nitrogens with zero attached hydrogens (tertiary/aromatic N) is 3. The number of aryl methyl sites for hydroxylation is 2. The first-order chi connectivity index (χ1) is 9.91. The van der Waals surface area contributed by atoms with Gasteiger partial charge in [-0.1, -0.05) is 26.2 Å². The fourth-order valence-electron chi connectivity index (χ4n) is 2.90.